The summed E-state index contributed by atoms with van der Waals surface area (Å²) < 4.78 is 4.55. The summed E-state index contributed by atoms with van der Waals surface area (Å²) in [6, 6.07) is 65.0. The van der Waals surface area contributed by atoms with E-state index >= 15 is 0 Å². The number of hydrogen-bond donors (Lipinski definition) is 0. The molecule has 11 rings (SSSR count). The average molecular weight is 663 g/mol. The van der Waals surface area contributed by atoms with Gasteiger partial charge in [0.1, 0.15) is 11.5 Å². The van der Waals surface area contributed by atoms with Crippen molar-refractivity contribution in [2.24, 2.45) is 0 Å². The molecule has 0 fully saturated rings. The molecule has 0 saturated carbocycles. The van der Waals surface area contributed by atoms with Crippen LogP contribution in [0.5, 0.6) is 0 Å². The van der Waals surface area contributed by atoms with Gasteiger partial charge in [-0.05, 0) is 105 Å². The maximum atomic E-state index is 5.07. The molecule has 8 aromatic carbocycles. The maximum absolute atomic E-state index is 5.07. The van der Waals surface area contributed by atoms with Crippen LogP contribution < -0.4 is 0 Å². The molecule has 11 aromatic rings. The summed E-state index contributed by atoms with van der Waals surface area (Å²) in [6.45, 7) is 0. The van der Waals surface area contributed by atoms with E-state index in [9.17, 15) is 0 Å². The summed E-state index contributed by atoms with van der Waals surface area (Å²) in [6.07, 6.45) is 0. The van der Waals surface area contributed by atoms with E-state index in [0.29, 0.717) is 0 Å². The fraction of sp³-hybridized carbons (Fsp3) is 0. The van der Waals surface area contributed by atoms with Gasteiger partial charge in [0.2, 0.25) is 0 Å². The molecule has 0 atom stereocenters. The van der Waals surface area contributed by atoms with Crippen molar-refractivity contribution in [1.29, 1.82) is 0 Å². The third-order valence-electron chi connectivity index (χ3n) is 10.5. The molecule has 4 heteroatoms. The molecule has 0 radical (unpaired) electrons. The topological polar surface area (TPSA) is 35.1 Å². The van der Waals surface area contributed by atoms with Crippen LogP contribution in [0, 0.1) is 0 Å². The van der Waals surface area contributed by atoms with Gasteiger partial charge in [0, 0.05) is 22.0 Å². The molecule has 0 bridgehead atoms. The van der Waals surface area contributed by atoms with Crippen LogP contribution in [0.2, 0.25) is 0 Å². The van der Waals surface area contributed by atoms with E-state index in [1.165, 1.54) is 49.3 Å². The first kappa shape index (κ1) is 28.8. The lowest BCUT2D eigenvalue weighted by Crippen LogP contribution is -1.97. The molecule has 0 amide bonds. The maximum Gasteiger partial charge on any atom is 0.146 e. The Bertz CT molecular complexity index is 3170. The first-order chi connectivity index (χ1) is 25.8. The smallest absolute Gasteiger partial charge is 0.146 e. The van der Waals surface area contributed by atoms with Gasteiger partial charge in [0.05, 0.1) is 27.6 Å². The Morgan fingerprint density at radius 2 is 0.904 bits per heavy atom. The minimum Gasteiger partial charge on any atom is -0.292 e. The van der Waals surface area contributed by atoms with Crippen LogP contribution >= 0.6 is 0 Å². The summed E-state index contributed by atoms with van der Waals surface area (Å²) in [5, 5.41) is 6.04. The number of imidazole rings is 2. The van der Waals surface area contributed by atoms with Crippen LogP contribution in [0.3, 0.4) is 0 Å². The third kappa shape index (κ3) is 4.41. The van der Waals surface area contributed by atoms with Gasteiger partial charge in [-0.15, -0.1) is 0 Å². The lowest BCUT2D eigenvalue weighted by atomic mass is 9.95. The predicted octanol–water partition coefficient (Wildman–Crippen LogP) is 12.3. The average Bonchev–Trinajstić information content (AvgIpc) is 3.81. The Kier molecular flexibility index (Phi) is 6.22. The van der Waals surface area contributed by atoms with Crippen LogP contribution in [-0.2, 0) is 0 Å². The lowest BCUT2D eigenvalue weighted by molar-refractivity contribution is 1.10. The van der Waals surface area contributed by atoms with Crippen LogP contribution in [0.4, 0.5) is 0 Å². The summed E-state index contributed by atoms with van der Waals surface area (Å²) in [4.78, 5) is 10.1. The van der Waals surface area contributed by atoms with Crippen molar-refractivity contribution < 1.29 is 0 Å². The van der Waals surface area contributed by atoms with Gasteiger partial charge in [-0.3, -0.25) is 8.97 Å². The number of pyridine rings is 1. The highest BCUT2D eigenvalue weighted by atomic mass is 15.1. The second-order valence-corrected chi connectivity index (χ2v) is 13.5. The third-order valence-corrected chi connectivity index (χ3v) is 10.5. The molecule has 52 heavy (non-hydrogen) atoms. The standard InChI is InChI=1S/C48H30N4/c1-2-10-38(11-3-1)51-45-16-8-5-13-42(45)49-47(51)32-20-18-31(19-21-32)33-22-23-35-29-36(25-24-34(35)28-33)37-26-27-40-41(30-37)39-12-4-7-15-44(39)52-46-17-9-6-14-43(46)50-48(40)52/h1-30H. The number of benzene rings is 8. The van der Waals surface area contributed by atoms with Crippen molar-refractivity contribution >= 4 is 60.2 Å². The van der Waals surface area contributed by atoms with Gasteiger partial charge >= 0.3 is 0 Å². The van der Waals surface area contributed by atoms with Gasteiger partial charge in [-0.25, -0.2) is 9.97 Å². The SMILES string of the molecule is c1ccc(-n2c(-c3ccc(-c4ccc5cc(-c6ccc7c(c6)c6ccccc6n6c8ccccc8nc76)ccc5c4)cc3)nc3ccccc32)cc1. The Morgan fingerprint density at radius 3 is 1.67 bits per heavy atom. The van der Waals surface area contributed by atoms with Crippen molar-refractivity contribution in [3.63, 3.8) is 0 Å². The highest BCUT2D eigenvalue weighted by molar-refractivity contribution is 6.15. The van der Waals surface area contributed by atoms with Crippen LogP contribution in [-0.4, -0.2) is 18.9 Å². The molecule has 4 nitrogen and oxygen atoms in total. The van der Waals surface area contributed by atoms with Crippen molar-refractivity contribution in [2.45, 2.75) is 0 Å². The van der Waals surface area contributed by atoms with E-state index < -0.39 is 0 Å². The van der Waals surface area contributed by atoms with E-state index in [-0.39, 0.29) is 0 Å². The fourth-order valence-corrected chi connectivity index (χ4v) is 7.96. The Hall–Kier alpha value is -7.04. The number of nitrogens with zero attached hydrogens (tertiary/aromatic N) is 4. The summed E-state index contributed by atoms with van der Waals surface area (Å²) >= 11 is 0. The normalized spacial score (nSPS) is 11.8. The summed E-state index contributed by atoms with van der Waals surface area (Å²) in [7, 11) is 0. The van der Waals surface area contributed by atoms with Gasteiger partial charge in [0.15, 0.2) is 0 Å². The quantitative estimate of drug-likeness (QED) is 0.176. The second-order valence-electron chi connectivity index (χ2n) is 13.5. The van der Waals surface area contributed by atoms with Crippen LogP contribution in [0.25, 0.3) is 99.5 Å². The molecule has 3 aromatic heterocycles. The summed E-state index contributed by atoms with van der Waals surface area (Å²) in [5.41, 5.74) is 13.3. The molecule has 0 aliphatic carbocycles. The van der Waals surface area contributed by atoms with Crippen LogP contribution in [0.1, 0.15) is 0 Å². The van der Waals surface area contributed by atoms with Crippen LogP contribution in [0.15, 0.2) is 182 Å². The number of fused-ring (bicyclic) bond motifs is 10. The minimum atomic E-state index is 0.939. The Balaban J connectivity index is 0.957. The van der Waals surface area contributed by atoms with Gasteiger partial charge in [0.25, 0.3) is 0 Å². The molecule has 0 N–H and O–H groups in total. The first-order valence-electron chi connectivity index (χ1n) is 17.7. The number of hydrogen-bond acceptors (Lipinski definition) is 2. The van der Waals surface area contributed by atoms with Crippen molar-refractivity contribution in [3.05, 3.63) is 182 Å². The number of para-hydroxylation sites is 6. The van der Waals surface area contributed by atoms with Crippen molar-refractivity contribution in [2.75, 3.05) is 0 Å². The van der Waals surface area contributed by atoms with Gasteiger partial charge < -0.3 is 0 Å². The zero-order valence-electron chi connectivity index (χ0n) is 28.1. The molecule has 3 heterocycles. The molecule has 0 aliphatic rings. The summed E-state index contributed by atoms with van der Waals surface area (Å²) in [5.74, 6) is 0.939. The van der Waals surface area contributed by atoms with Gasteiger partial charge in [-0.1, -0.05) is 115 Å². The number of rotatable bonds is 4. The molecular weight excluding hydrogens is 633 g/mol. The van der Waals surface area contributed by atoms with Crippen molar-refractivity contribution in [1.82, 2.24) is 18.9 Å². The predicted molar refractivity (Wildman–Crippen MR) is 216 cm³/mol. The van der Waals surface area contributed by atoms with Crippen molar-refractivity contribution in [3.8, 4) is 39.3 Å². The Labute approximate surface area is 299 Å². The second kappa shape index (κ2) is 11.2. The van der Waals surface area contributed by atoms with E-state index in [0.717, 1.165) is 50.2 Å². The molecule has 0 unspecified atom stereocenters. The molecule has 0 saturated heterocycles. The van der Waals surface area contributed by atoms with E-state index in [2.05, 4.69) is 179 Å². The lowest BCUT2D eigenvalue weighted by Gasteiger charge is -2.12. The molecule has 242 valence electrons. The zero-order valence-corrected chi connectivity index (χ0v) is 28.1. The van der Waals surface area contributed by atoms with Gasteiger partial charge in [-0.2, -0.15) is 0 Å². The number of aromatic nitrogens is 4. The molecular formula is C48H30N4. The largest absolute Gasteiger partial charge is 0.292 e. The first-order valence-corrected chi connectivity index (χ1v) is 17.7. The van der Waals surface area contributed by atoms with E-state index in [4.69, 9.17) is 9.97 Å². The zero-order chi connectivity index (χ0) is 34.2. The van der Waals surface area contributed by atoms with E-state index in [1.807, 2.05) is 12.1 Å². The highest BCUT2D eigenvalue weighted by Crippen LogP contribution is 2.37. The molecule has 0 spiro atoms. The monoisotopic (exact) mass is 662 g/mol. The minimum absolute atomic E-state index is 0.939. The molecule has 0 aliphatic heterocycles. The Morgan fingerprint density at radius 1 is 0.346 bits per heavy atom. The highest BCUT2D eigenvalue weighted by Gasteiger charge is 2.16. The van der Waals surface area contributed by atoms with E-state index in [1.54, 1.807) is 0 Å². The fourth-order valence-electron chi connectivity index (χ4n) is 7.96.